The molecule has 4 aromatic rings. The fraction of sp³-hybridized carbons (Fsp3) is 0.367. The number of fused-ring (bicyclic) bond motifs is 1. The molecule has 2 heterocycles. The van der Waals surface area contributed by atoms with Crippen LogP contribution in [0.15, 0.2) is 60.8 Å². The molecule has 0 aliphatic heterocycles. The first-order valence-corrected chi connectivity index (χ1v) is 13.5. The van der Waals surface area contributed by atoms with Crippen LogP contribution in [0.25, 0.3) is 22.2 Å². The van der Waals surface area contributed by atoms with Gasteiger partial charge in [-0.2, -0.15) is 26.3 Å². The van der Waals surface area contributed by atoms with E-state index >= 15 is 0 Å². The van der Waals surface area contributed by atoms with E-state index in [9.17, 15) is 26.3 Å². The second kappa shape index (κ2) is 11.6. The standard InChI is InChI=1S/C30H29F6N5/c1-41(22-6-3-2-4-7-22)17-15-26-39-25-18-19(27-24(30(34,35)36)8-5-16-37-27)9-14-23(25)28(40-26)38-21-12-10-20(11-13-21)29(31,32)33/h5,8-14,16,18,22H,2-4,6-7,15,17H2,1H3,(H,38,39,40). The number of rotatable bonds is 7. The van der Waals surface area contributed by atoms with E-state index in [1.54, 1.807) is 12.1 Å². The number of hydrogen-bond donors (Lipinski definition) is 1. The van der Waals surface area contributed by atoms with Crippen LogP contribution in [0.4, 0.5) is 37.8 Å². The highest BCUT2D eigenvalue weighted by atomic mass is 19.4. The van der Waals surface area contributed by atoms with Crippen LogP contribution in [-0.2, 0) is 18.8 Å². The van der Waals surface area contributed by atoms with E-state index in [1.165, 1.54) is 49.7 Å². The Morgan fingerprint density at radius 3 is 2.29 bits per heavy atom. The number of hydrogen-bond acceptors (Lipinski definition) is 5. The average molecular weight is 574 g/mol. The minimum atomic E-state index is -4.59. The number of alkyl halides is 6. The van der Waals surface area contributed by atoms with Crippen molar-refractivity contribution in [1.29, 1.82) is 0 Å². The Balaban J connectivity index is 1.51. The third kappa shape index (κ3) is 6.78. The minimum Gasteiger partial charge on any atom is -0.340 e. The number of pyridine rings is 1. The molecule has 216 valence electrons. The summed E-state index contributed by atoms with van der Waals surface area (Å²) in [5, 5.41) is 3.60. The van der Waals surface area contributed by atoms with E-state index in [-0.39, 0.29) is 11.3 Å². The summed E-state index contributed by atoms with van der Waals surface area (Å²) in [5.74, 6) is 0.831. The van der Waals surface area contributed by atoms with Crippen LogP contribution < -0.4 is 5.32 Å². The zero-order chi connectivity index (χ0) is 29.2. The van der Waals surface area contributed by atoms with Crippen molar-refractivity contribution in [2.45, 2.75) is 56.9 Å². The molecule has 0 atom stereocenters. The molecule has 2 aromatic heterocycles. The van der Waals surface area contributed by atoms with Crippen molar-refractivity contribution in [3.8, 4) is 11.3 Å². The summed E-state index contributed by atoms with van der Waals surface area (Å²) < 4.78 is 80.3. The first-order valence-electron chi connectivity index (χ1n) is 13.5. The second-order valence-electron chi connectivity index (χ2n) is 10.3. The molecule has 0 spiro atoms. The summed E-state index contributed by atoms with van der Waals surface area (Å²) in [7, 11) is 2.07. The van der Waals surface area contributed by atoms with Crippen LogP contribution in [0.5, 0.6) is 0 Å². The van der Waals surface area contributed by atoms with Gasteiger partial charge in [-0.15, -0.1) is 0 Å². The highest BCUT2D eigenvalue weighted by Crippen LogP contribution is 2.37. The lowest BCUT2D eigenvalue weighted by molar-refractivity contribution is -0.138. The molecule has 1 aliphatic carbocycles. The number of aromatic nitrogens is 3. The molecular formula is C30H29F6N5. The number of benzene rings is 2. The van der Waals surface area contributed by atoms with Gasteiger partial charge in [0.25, 0.3) is 0 Å². The van der Waals surface area contributed by atoms with Crippen LogP contribution >= 0.6 is 0 Å². The lowest BCUT2D eigenvalue weighted by Crippen LogP contribution is -2.35. The Labute approximate surface area is 233 Å². The molecule has 41 heavy (non-hydrogen) atoms. The van der Waals surface area contributed by atoms with Gasteiger partial charge < -0.3 is 10.2 Å². The summed E-state index contributed by atoms with van der Waals surface area (Å²) in [6.45, 7) is 0.689. The quantitative estimate of drug-likeness (QED) is 0.226. The predicted molar refractivity (Wildman–Crippen MR) is 146 cm³/mol. The van der Waals surface area contributed by atoms with Gasteiger partial charge in [-0.3, -0.25) is 4.98 Å². The molecule has 5 rings (SSSR count). The SMILES string of the molecule is CN(CCc1nc(Nc2ccc(C(F)(F)F)cc2)c2ccc(-c3ncccc3C(F)(F)F)cc2n1)C1CCCCC1. The number of likely N-dealkylation sites (N-methyl/N-ethyl adjacent to an activating group) is 1. The van der Waals surface area contributed by atoms with Gasteiger partial charge in [0.15, 0.2) is 0 Å². The van der Waals surface area contributed by atoms with Crippen LogP contribution in [0.3, 0.4) is 0 Å². The highest BCUT2D eigenvalue weighted by molar-refractivity contribution is 5.93. The van der Waals surface area contributed by atoms with Gasteiger partial charge in [-0.25, -0.2) is 9.97 Å². The summed E-state index contributed by atoms with van der Waals surface area (Å²) in [4.78, 5) is 15.6. The Bertz CT molecular complexity index is 1490. The molecule has 0 amide bonds. The Hall–Kier alpha value is -3.73. The molecule has 1 aliphatic rings. The zero-order valence-electron chi connectivity index (χ0n) is 22.4. The Kier molecular flexibility index (Phi) is 8.17. The maximum atomic E-state index is 13.7. The van der Waals surface area contributed by atoms with Crippen molar-refractivity contribution in [3.63, 3.8) is 0 Å². The molecule has 0 radical (unpaired) electrons. The summed E-state index contributed by atoms with van der Waals surface area (Å²) in [6, 6.07) is 11.9. The van der Waals surface area contributed by atoms with Gasteiger partial charge in [-0.05, 0) is 68.4 Å². The van der Waals surface area contributed by atoms with E-state index in [4.69, 9.17) is 0 Å². The topological polar surface area (TPSA) is 53.9 Å². The maximum absolute atomic E-state index is 13.7. The van der Waals surface area contributed by atoms with E-state index < -0.39 is 23.5 Å². The van der Waals surface area contributed by atoms with Crippen LogP contribution in [0.2, 0.25) is 0 Å². The van der Waals surface area contributed by atoms with Gasteiger partial charge in [0.1, 0.15) is 11.6 Å². The number of nitrogens with one attached hydrogen (secondary N) is 1. The fourth-order valence-corrected chi connectivity index (χ4v) is 5.26. The molecule has 0 unspecified atom stereocenters. The zero-order valence-corrected chi connectivity index (χ0v) is 22.4. The summed E-state index contributed by atoms with van der Waals surface area (Å²) in [5.41, 5.74) is -0.808. The minimum absolute atomic E-state index is 0.212. The lowest BCUT2D eigenvalue weighted by Gasteiger charge is -2.31. The van der Waals surface area contributed by atoms with Crippen molar-refractivity contribution in [3.05, 3.63) is 77.7 Å². The van der Waals surface area contributed by atoms with E-state index in [0.717, 1.165) is 31.0 Å². The van der Waals surface area contributed by atoms with Gasteiger partial charge in [0, 0.05) is 41.8 Å². The molecule has 0 saturated heterocycles. The second-order valence-corrected chi connectivity index (χ2v) is 10.3. The van der Waals surface area contributed by atoms with Crippen LogP contribution in [0, 0.1) is 0 Å². The van der Waals surface area contributed by atoms with Crippen molar-refractivity contribution in [2.75, 3.05) is 18.9 Å². The molecule has 11 heteroatoms. The predicted octanol–water partition coefficient (Wildman–Crippen LogP) is 8.28. The van der Waals surface area contributed by atoms with Crippen molar-refractivity contribution in [1.82, 2.24) is 19.9 Å². The highest BCUT2D eigenvalue weighted by Gasteiger charge is 2.34. The Morgan fingerprint density at radius 1 is 0.878 bits per heavy atom. The largest absolute Gasteiger partial charge is 0.418 e. The average Bonchev–Trinajstić information content (AvgIpc) is 2.95. The van der Waals surface area contributed by atoms with Crippen LogP contribution in [-0.4, -0.2) is 39.5 Å². The van der Waals surface area contributed by atoms with Gasteiger partial charge in [0.05, 0.1) is 22.3 Å². The van der Waals surface area contributed by atoms with E-state index in [2.05, 4.69) is 32.2 Å². The normalized spacial score (nSPS) is 15.0. The molecular weight excluding hydrogens is 544 g/mol. The number of anilines is 2. The van der Waals surface area contributed by atoms with Crippen molar-refractivity contribution >= 4 is 22.4 Å². The first kappa shape index (κ1) is 28.8. The first-order chi connectivity index (χ1) is 19.5. The fourth-order valence-electron chi connectivity index (χ4n) is 5.26. The van der Waals surface area contributed by atoms with Crippen LogP contribution in [0.1, 0.15) is 49.1 Å². The smallest absolute Gasteiger partial charge is 0.340 e. The van der Waals surface area contributed by atoms with Gasteiger partial charge >= 0.3 is 12.4 Å². The third-order valence-electron chi connectivity index (χ3n) is 7.49. The van der Waals surface area contributed by atoms with Crippen molar-refractivity contribution in [2.24, 2.45) is 0 Å². The van der Waals surface area contributed by atoms with E-state index in [1.807, 2.05) is 0 Å². The number of nitrogens with zero attached hydrogens (tertiary/aromatic N) is 4. The van der Waals surface area contributed by atoms with Gasteiger partial charge in [-0.1, -0.05) is 25.3 Å². The molecule has 2 aromatic carbocycles. The molecule has 5 nitrogen and oxygen atoms in total. The molecule has 1 fully saturated rings. The molecule has 1 N–H and O–H groups in total. The number of halogens is 6. The van der Waals surface area contributed by atoms with E-state index in [0.29, 0.717) is 47.2 Å². The molecule has 1 saturated carbocycles. The Morgan fingerprint density at radius 2 is 1.61 bits per heavy atom. The summed E-state index contributed by atoms with van der Waals surface area (Å²) in [6.07, 6.45) is -1.37. The summed E-state index contributed by atoms with van der Waals surface area (Å²) >= 11 is 0. The van der Waals surface area contributed by atoms with Gasteiger partial charge in [0.2, 0.25) is 0 Å². The maximum Gasteiger partial charge on any atom is 0.418 e. The van der Waals surface area contributed by atoms with Crippen molar-refractivity contribution < 1.29 is 26.3 Å². The monoisotopic (exact) mass is 573 g/mol. The lowest BCUT2D eigenvalue weighted by atomic mass is 9.94. The molecule has 0 bridgehead atoms. The third-order valence-corrected chi connectivity index (χ3v) is 7.49.